The van der Waals surface area contributed by atoms with E-state index in [0.717, 1.165) is 37.7 Å². The molecule has 4 heteroatoms. The van der Waals surface area contributed by atoms with E-state index in [2.05, 4.69) is 51.3 Å². The highest BCUT2D eigenvalue weighted by molar-refractivity contribution is 5.42. The van der Waals surface area contributed by atoms with Crippen molar-refractivity contribution in [3.05, 3.63) is 42.0 Å². The van der Waals surface area contributed by atoms with E-state index in [1.54, 1.807) is 0 Å². The quantitative estimate of drug-likeness (QED) is 0.917. The summed E-state index contributed by atoms with van der Waals surface area (Å²) in [6.07, 6.45) is 4.85. The molecule has 0 bridgehead atoms. The van der Waals surface area contributed by atoms with Crippen LogP contribution in [0.1, 0.15) is 31.4 Å². The molecule has 2 aliphatic rings. The van der Waals surface area contributed by atoms with Gasteiger partial charge in [0.15, 0.2) is 0 Å². The van der Waals surface area contributed by atoms with Gasteiger partial charge in [-0.25, -0.2) is 0 Å². The van der Waals surface area contributed by atoms with Crippen LogP contribution in [-0.2, 0) is 19.4 Å². The summed E-state index contributed by atoms with van der Waals surface area (Å²) in [5.41, 5.74) is 1.61. The van der Waals surface area contributed by atoms with Gasteiger partial charge in [-0.05, 0) is 36.3 Å². The second-order valence-electron chi connectivity index (χ2n) is 6.77. The predicted molar refractivity (Wildman–Crippen MR) is 83.2 cm³/mol. The third kappa shape index (κ3) is 2.43. The smallest absolute Gasteiger partial charge is 0.134 e. The molecule has 0 amide bonds. The molecule has 0 spiro atoms. The lowest BCUT2D eigenvalue weighted by Crippen LogP contribution is -2.22. The molecule has 4 rings (SSSR count). The average Bonchev–Trinajstić information content (AvgIpc) is 3.22. The minimum atomic E-state index is 0.437. The van der Waals surface area contributed by atoms with E-state index in [1.165, 1.54) is 24.4 Å². The van der Waals surface area contributed by atoms with Gasteiger partial charge in [0, 0.05) is 31.6 Å². The molecular weight excluding hydrogens is 260 g/mol. The number of benzene rings is 1. The van der Waals surface area contributed by atoms with E-state index in [4.69, 9.17) is 0 Å². The van der Waals surface area contributed by atoms with E-state index < -0.39 is 0 Å². The van der Waals surface area contributed by atoms with Gasteiger partial charge in [-0.2, -0.15) is 0 Å². The minimum Gasteiger partial charge on any atom is -0.385 e. The first-order chi connectivity index (χ1) is 10.2. The lowest BCUT2D eigenvalue weighted by Gasteiger charge is -2.22. The summed E-state index contributed by atoms with van der Waals surface area (Å²) in [6.45, 7) is 4.44. The largest absolute Gasteiger partial charge is 0.385 e. The van der Waals surface area contributed by atoms with Crippen LogP contribution in [0.4, 0.5) is 5.69 Å². The Morgan fingerprint density at radius 3 is 2.81 bits per heavy atom. The highest BCUT2D eigenvalue weighted by atomic mass is 15.3. The molecule has 0 saturated heterocycles. The zero-order chi connectivity index (χ0) is 14.3. The molecule has 1 atom stereocenters. The Morgan fingerprint density at radius 1 is 1.24 bits per heavy atom. The van der Waals surface area contributed by atoms with Gasteiger partial charge in [0.25, 0.3) is 0 Å². The molecule has 1 unspecified atom stereocenters. The Balaban J connectivity index is 1.40. The van der Waals surface area contributed by atoms with Crippen molar-refractivity contribution in [1.82, 2.24) is 14.8 Å². The summed E-state index contributed by atoms with van der Waals surface area (Å²) < 4.78 is 2.37. The fourth-order valence-electron chi connectivity index (χ4n) is 3.58. The van der Waals surface area contributed by atoms with Crippen LogP contribution in [0.2, 0.25) is 0 Å². The lowest BCUT2D eigenvalue weighted by molar-refractivity contribution is 0.263. The SMILES string of the molecule is CC1(C2CC2)Cc2nnc(CCNc3ccccc3)n2C1. The van der Waals surface area contributed by atoms with Gasteiger partial charge >= 0.3 is 0 Å². The Hall–Kier alpha value is -1.84. The third-order valence-electron chi connectivity index (χ3n) is 5.00. The first kappa shape index (κ1) is 12.9. The molecular formula is C17H22N4. The fraction of sp³-hybridized carbons (Fsp3) is 0.529. The Morgan fingerprint density at radius 2 is 2.05 bits per heavy atom. The molecule has 1 fully saturated rings. The van der Waals surface area contributed by atoms with Crippen molar-refractivity contribution in [1.29, 1.82) is 0 Å². The maximum Gasteiger partial charge on any atom is 0.134 e. The van der Waals surface area contributed by atoms with Crippen LogP contribution >= 0.6 is 0 Å². The number of hydrogen-bond acceptors (Lipinski definition) is 3. The molecule has 1 aliphatic carbocycles. The van der Waals surface area contributed by atoms with Crippen LogP contribution in [0.25, 0.3) is 0 Å². The van der Waals surface area contributed by atoms with Crippen molar-refractivity contribution in [2.45, 2.75) is 39.2 Å². The van der Waals surface area contributed by atoms with Gasteiger partial charge in [0.05, 0.1) is 0 Å². The fourth-order valence-corrected chi connectivity index (χ4v) is 3.58. The van der Waals surface area contributed by atoms with Crippen molar-refractivity contribution < 1.29 is 0 Å². The lowest BCUT2D eigenvalue weighted by atomic mass is 9.83. The van der Waals surface area contributed by atoms with Gasteiger partial charge in [0.2, 0.25) is 0 Å². The third-order valence-corrected chi connectivity index (χ3v) is 5.00. The number of aromatic nitrogens is 3. The molecule has 21 heavy (non-hydrogen) atoms. The number of nitrogens with one attached hydrogen (secondary N) is 1. The summed E-state index contributed by atoms with van der Waals surface area (Å²) in [7, 11) is 0. The maximum atomic E-state index is 4.41. The molecule has 1 aromatic carbocycles. The highest BCUT2D eigenvalue weighted by Gasteiger charge is 2.46. The zero-order valence-electron chi connectivity index (χ0n) is 12.5. The molecule has 2 heterocycles. The summed E-state index contributed by atoms with van der Waals surface area (Å²) in [4.78, 5) is 0. The number of hydrogen-bond donors (Lipinski definition) is 1. The Bertz CT molecular complexity index is 629. The van der Waals surface area contributed by atoms with E-state index >= 15 is 0 Å². The van der Waals surface area contributed by atoms with Crippen LogP contribution in [0.5, 0.6) is 0 Å². The van der Waals surface area contributed by atoms with Gasteiger partial charge in [0.1, 0.15) is 11.6 Å². The first-order valence-electron chi connectivity index (χ1n) is 7.94. The Kier molecular flexibility index (Phi) is 2.98. The second-order valence-corrected chi connectivity index (χ2v) is 6.77. The van der Waals surface area contributed by atoms with Crippen molar-refractivity contribution in [3.8, 4) is 0 Å². The monoisotopic (exact) mass is 282 g/mol. The maximum absolute atomic E-state index is 4.41. The van der Waals surface area contributed by atoms with E-state index in [9.17, 15) is 0 Å². The predicted octanol–water partition coefficient (Wildman–Crippen LogP) is 2.91. The number of fused-ring (bicyclic) bond motifs is 1. The van der Waals surface area contributed by atoms with Crippen molar-refractivity contribution in [2.24, 2.45) is 11.3 Å². The summed E-state index contributed by atoms with van der Waals surface area (Å²) in [5.74, 6) is 3.24. The molecule has 4 nitrogen and oxygen atoms in total. The molecule has 1 N–H and O–H groups in total. The minimum absolute atomic E-state index is 0.437. The van der Waals surface area contributed by atoms with Gasteiger partial charge < -0.3 is 9.88 Å². The number of nitrogens with zero attached hydrogens (tertiary/aromatic N) is 3. The van der Waals surface area contributed by atoms with Crippen LogP contribution < -0.4 is 5.32 Å². The van der Waals surface area contributed by atoms with E-state index in [0.29, 0.717) is 5.41 Å². The first-order valence-corrected chi connectivity index (χ1v) is 7.94. The molecule has 1 aliphatic heterocycles. The second kappa shape index (κ2) is 4.86. The van der Waals surface area contributed by atoms with Crippen molar-refractivity contribution in [3.63, 3.8) is 0 Å². The van der Waals surface area contributed by atoms with Gasteiger partial charge in [-0.1, -0.05) is 25.1 Å². The number of rotatable bonds is 5. The summed E-state index contributed by atoms with van der Waals surface area (Å²) in [6, 6.07) is 10.3. The normalized spacial score (nSPS) is 24.0. The van der Waals surface area contributed by atoms with Crippen LogP contribution in [-0.4, -0.2) is 21.3 Å². The molecule has 0 radical (unpaired) electrons. The van der Waals surface area contributed by atoms with Crippen LogP contribution in [0.15, 0.2) is 30.3 Å². The van der Waals surface area contributed by atoms with Crippen molar-refractivity contribution in [2.75, 3.05) is 11.9 Å². The average molecular weight is 282 g/mol. The molecule has 2 aromatic rings. The van der Waals surface area contributed by atoms with Crippen LogP contribution in [0.3, 0.4) is 0 Å². The summed E-state index contributed by atoms with van der Waals surface area (Å²) >= 11 is 0. The number of anilines is 1. The number of para-hydroxylation sites is 1. The highest BCUT2D eigenvalue weighted by Crippen LogP contribution is 2.50. The molecule has 1 saturated carbocycles. The van der Waals surface area contributed by atoms with E-state index in [1.807, 2.05) is 6.07 Å². The molecule has 110 valence electrons. The van der Waals surface area contributed by atoms with E-state index in [-0.39, 0.29) is 0 Å². The summed E-state index contributed by atoms with van der Waals surface area (Å²) in [5, 5.41) is 12.2. The topological polar surface area (TPSA) is 42.7 Å². The van der Waals surface area contributed by atoms with Gasteiger partial charge in [-0.3, -0.25) is 0 Å². The zero-order valence-corrected chi connectivity index (χ0v) is 12.5. The van der Waals surface area contributed by atoms with Gasteiger partial charge in [-0.15, -0.1) is 10.2 Å². The van der Waals surface area contributed by atoms with Crippen LogP contribution in [0, 0.1) is 11.3 Å². The van der Waals surface area contributed by atoms with Crippen molar-refractivity contribution >= 4 is 5.69 Å². The Labute approximate surface area is 125 Å². The molecule has 1 aromatic heterocycles. The standard InChI is InChI=1S/C17H22N4/c1-17(13-7-8-13)11-16-20-19-15(21(16)12-17)9-10-18-14-5-3-2-4-6-14/h2-6,13,18H,7-12H2,1H3.